The molecule has 2 nitrogen and oxygen atoms in total. The zero-order valence-electron chi connectivity index (χ0n) is 10.9. The molecule has 2 rings (SSSR count). The molecule has 0 spiro atoms. The first-order valence-corrected chi connectivity index (χ1v) is 7.75. The Morgan fingerprint density at radius 3 is 2.61 bits per heavy atom. The van der Waals surface area contributed by atoms with Gasteiger partial charge in [-0.15, -0.1) is 0 Å². The van der Waals surface area contributed by atoms with Gasteiger partial charge in [0.1, 0.15) is 5.75 Å². The van der Waals surface area contributed by atoms with Crippen molar-refractivity contribution in [2.45, 2.75) is 32.1 Å². The molecule has 18 heavy (non-hydrogen) atoms. The summed E-state index contributed by atoms with van der Waals surface area (Å²) >= 11 is 3.49. The first-order valence-electron chi connectivity index (χ1n) is 6.96. The van der Waals surface area contributed by atoms with Crippen LogP contribution in [0.4, 0.5) is 0 Å². The fraction of sp³-hybridized carbons (Fsp3) is 0.600. The van der Waals surface area contributed by atoms with Gasteiger partial charge in [-0.3, -0.25) is 0 Å². The quantitative estimate of drug-likeness (QED) is 0.734. The van der Waals surface area contributed by atoms with E-state index in [4.69, 9.17) is 4.74 Å². The zero-order valence-corrected chi connectivity index (χ0v) is 12.5. The highest BCUT2D eigenvalue weighted by Gasteiger charge is 2.08. The van der Waals surface area contributed by atoms with E-state index in [0.717, 1.165) is 23.2 Å². The second-order valence-corrected chi connectivity index (χ2v) is 5.74. The fourth-order valence-electron chi connectivity index (χ4n) is 2.36. The molecule has 1 aliphatic heterocycles. The van der Waals surface area contributed by atoms with Crippen molar-refractivity contribution in [2.75, 3.05) is 26.2 Å². The van der Waals surface area contributed by atoms with Crippen molar-refractivity contribution < 1.29 is 4.74 Å². The van der Waals surface area contributed by atoms with E-state index in [-0.39, 0.29) is 0 Å². The molecule has 1 aliphatic rings. The molecule has 3 heteroatoms. The maximum absolute atomic E-state index is 5.76. The molecule has 0 aromatic heterocycles. The van der Waals surface area contributed by atoms with Gasteiger partial charge in [0.25, 0.3) is 0 Å². The lowest BCUT2D eigenvalue weighted by atomic mass is 10.1. The summed E-state index contributed by atoms with van der Waals surface area (Å²) < 4.78 is 6.80. The summed E-state index contributed by atoms with van der Waals surface area (Å²) in [7, 11) is 0. The van der Waals surface area contributed by atoms with E-state index in [1.165, 1.54) is 45.3 Å². The molecule has 1 fully saturated rings. The van der Waals surface area contributed by atoms with Crippen LogP contribution < -0.4 is 4.74 Å². The third-order valence-corrected chi connectivity index (χ3v) is 4.07. The third-order valence-electron chi connectivity index (χ3n) is 3.41. The summed E-state index contributed by atoms with van der Waals surface area (Å²) in [4.78, 5) is 2.59. The van der Waals surface area contributed by atoms with Gasteiger partial charge in [-0.2, -0.15) is 0 Å². The maximum Gasteiger partial charge on any atom is 0.133 e. The topological polar surface area (TPSA) is 12.5 Å². The lowest BCUT2D eigenvalue weighted by Crippen LogP contribution is -2.30. The number of ether oxygens (including phenoxy) is 1. The first kappa shape index (κ1) is 13.9. The number of unbranched alkanes of at least 4 members (excludes halogenated alkanes) is 1. The Labute approximate surface area is 118 Å². The SMILES string of the molecule is Brc1ccccc1OCCCCN1CCCCC1. The van der Waals surface area contributed by atoms with E-state index in [9.17, 15) is 0 Å². The number of nitrogens with zero attached hydrogens (tertiary/aromatic N) is 1. The van der Waals surface area contributed by atoms with Gasteiger partial charge in [0.05, 0.1) is 11.1 Å². The van der Waals surface area contributed by atoms with Gasteiger partial charge in [-0.05, 0) is 73.4 Å². The van der Waals surface area contributed by atoms with Gasteiger partial charge < -0.3 is 9.64 Å². The standard InChI is InChI=1S/C15H22BrNO/c16-14-8-2-3-9-15(14)18-13-7-6-12-17-10-4-1-5-11-17/h2-3,8-9H,1,4-7,10-13H2. The smallest absolute Gasteiger partial charge is 0.133 e. The summed E-state index contributed by atoms with van der Waals surface area (Å²) in [6, 6.07) is 8.04. The van der Waals surface area contributed by atoms with E-state index in [2.05, 4.69) is 20.8 Å². The Morgan fingerprint density at radius 2 is 1.83 bits per heavy atom. The lowest BCUT2D eigenvalue weighted by Gasteiger charge is -2.26. The molecule has 0 unspecified atom stereocenters. The van der Waals surface area contributed by atoms with Crippen LogP contribution in [0.2, 0.25) is 0 Å². The average molecular weight is 312 g/mol. The average Bonchev–Trinajstić information content (AvgIpc) is 2.42. The van der Waals surface area contributed by atoms with Crippen LogP contribution in [-0.4, -0.2) is 31.1 Å². The van der Waals surface area contributed by atoms with E-state index in [1.807, 2.05) is 24.3 Å². The van der Waals surface area contributed by atoms with E-state index in [0.29, 0.717) is 0 Å². The highest BCUT2D eigenvalue weighted by Crippen LogP contribution is 2.23. The van der Waals surface area contributed by atoms with Crippen LogP contribution >= 0.6 is 15.9 Å². The van der Waals surface area contributed by atoms with Crippen molar-refractivity contribution in [3.05, 3.63) is 28.7 Å². The van der Waals surface area contributed by atoms with Gasteiger partial charge in [-0.1, -0.05) is 18.6 Å². The maximum atomic E-state index is 5.76. The van der Waals surface area contributed by atoms with Crippen molar-refractivity contribution >= 4 is 15.9 Å². The number of halogens is 1. The van der Waals surface area contributed by atoms with Crippen molar-refractivity contribution in [1.82, 2.24) is 4.90 Å². The van der Waals surface area contributed by atoms with E-state index in [1.54, 1.807) is 0 Å². The summed E-state index contributed by atoms with van der Waals surface area (Å²) in [5.41, 5.74) is 0. The molecule has 1 aromatic carbocycles. The Balaban J connectivity index is 1.57. The van der Waals surface area contributed by atoms with Crippen LogP contribution in [0.15, 0.2) is 28.7 Å². The second-order valence-electron chi connectivity index (χ2n) is 4.89. The van der Waals surface area contributed by atoms with Crippen molar-refractivity contribution in [3.8, 4) is 5.75 Å². The molecule has 0 amide bonds. The van der Waals surface area contributed by atoms with Crippen molar-refractivity contribution in [3.63, 3.8) is 0 Å². The van der Waals surface area contributed by atoms with Crippen LogP contribution in [0.5, 0.6) is 5.75 Å². The highest BCUT2D eigenvalue weighted by atomic mass is 79.9. The highest BCUT2D eigenvalue weighted by molar-refractivity contribution is 9.10. The second kappa shape index (κ2) is 7.80. The molecular formula is C15H22BrNO. The normalized spacial score (nSPS) is 16.7. The Morgan fingerprint density at radius 1 is 1.06 bits per heavy atom. The number of benzene rings is 1. The van der Waals surface area contributed by atoms with Gasteiger partial charge in [-0.25, -0.2) is 0 Å². The predicted octanol–water partition coefficient (Wildman–Crippen LogP) is 4.09. The molecule has 0 aliphatic carbocycles. The van der Waals surface area contributed by atoms with Gasteiger partial charge in [0.15, 0.2) is 0 Å². The Kier molecular flexibility index (Phi) is 6.01. The molecule has 0 atom stereocenters. The number of rotatable bonds is 6. The van der Waals surface area contributed by atoms with Crippen molar-refractivity contribution in [1.29, 1.82) is 0 Å². The zero-order chi connectivity index (χ0) is 12.6. The molecule has 1 heterocycles. The monoisotopic (exact) mass is 311 g/mol. The van der Waals surface area contributed by atoms with Crippen LogP contribution in [-0.2, 0) is 0 Å². The summed E-state index contributed by atoms with van der Waals surface area (Å²) in [5.74, 6) is 0.954. The van der Waals surface area contributed by atoms with Crippen LogP contribution in [0.3, 0.4) is 0 Å². The number of hydrogen-bond donors (Lipinski definition) is 0. The summed E-state index contributed by atoms with van der Waals surface area (Å²) in [5, 5.41) is 0. The lowest BCUT2D eigenvalue weighted by molar-refractivity contribution is 0.216. The van der Waals surface area contributed by atoms with Crippen LogP contribution in [0.25, 0.3) is 0 Å². The predicted molar refractivity (Wildman–Crippen MR) is 79.2 cm³/mol. The summed E-state index contributed by atoms with van der Waals surface area (Å²) in [6.07, 6.45) is 6.56. The minimum atomic E-state index is 0.816. The Bertz CT molecular complexity index is 350. The van der Waals surface area contributed by atoms with Gasteiger partial charge >= 0.3 is 0 Å². The molecule has 0 saturated carbocycles. The molecule has 1 aromatic rings. The fourth-order valence-corrected chi connectivity index (χ4v) is 2.76. The molecular weight excluding hydrogens is 290 g/mol. The molecule has 0 radical (unpaired) electrons. The van der Waals surface area contributed by atoms with E-state index >= 15 is 0 Å². The molecule has 0 N–H and O–H groups in total. The molecule has 1 saturated heterocycles. The Hall–Kier alpha value is -0.540. The van der Waals surface area contributed by atoms with E-state index < -0.39 is 0 Å². The largest absolute Gasteiger partial charge is 0.492 e. The minimum absolute atomic E-state index is 0.816. The third kappa shape index (κ3) is 4.62. The van der Waals surface area contributed by atoms with Crippen molar-refractivity contribution in [2.24, 2.45) is 0 Å². The van der Waals surface area contributed by atoms with Crippen LogP contribution in [0, 0.1) is 0 Å². The molecule has 100 valence electrons. The summed E-state index contributed by atoms with van der Waals surface area (Å²) in [6.45, 7) is 4.64. The minimum Gasteiger partial charge on any atom is -0.492 e. The van der Waals surface area contributed by atoms with Gasteiger partial charge in [0, 0.05) is 0 Å². The van der Waals surface area contributed by atoms with Crippen LogP contribution in [0.1, 0.15) is 32.1 Å². The number of likely N-dealkylation sites (tertiary alicyclic amines) is 1. The molecule has 0 bridgehead atoms. The number of piperidine rings is 1. The number of hydrogen-bond acceptors (Lipinski definition) is 2. The van der Waals surface area contributed by atoms with Gasteiger partial charge in [0.2, 0.25) is 0 Å². The number of para-hydroxylation sites is 1. The first-order chi connectivity index (χ1) is 8.86.